The molecule has 1 aromatic heterocycles. The molecule has 0 unspecified atom stereocenters. The van der Waals surface area contributed by atoms with E-state index < -0.39 is 35.3 Å². The molecule has 2 amide bonds. The molecule has 2 heterocycles. The van der Waals surface area contributed by atoms with Crippen LogP contribution in [0.4, 0.5) is 4.79 Å². The van der Waals surface area contributed by atoms with E-state index in [1.165, 1.54) is 6.92 Å². The van der Waals surface area contributed by atoms with E-state index in [-0.39, 0.29) is 24.9 Å². The molecule has 0 spiro atoms. The highest BCUT2D eigenvalue weighted by molar-refractivity contribution is 6.12. The molecule has 2 atom stereocenters. The SMILES string of the molecule is Cc1cccc(-c2cc(C(=O)[C@H](C)C(=O)N3C(=O)OC(C)(C)[C@@H]3C(C)C)oc2CCCOCCO)c1. The van der Waals surface area contributed by atoms with Crippen molar-refractivity contribution in [2.24, 2.45) is 11.8 Å². The molecule has 1 aliphatic rings. The largest absolute Gasteiger partial charge is 0.457 e. The fourth-order valence-electron chi connectivity index (χ4n) is 4.92. The smallest absolute Gasteiger partial charge is 0.417 e. The lowest BCUT2D eigenvalue weighted by molar-refractivity contribution is -0.132. The normalized spacial score (nSPS) is 17.9. The van der Waals surface area contributed by atoms with Gasteiger partial charge in [0.25, 0.3) is 0 Å². The van der Waals surface area contributed by atoms with E-state index in [9.17, 15) is 14.4 Å². The van der Waals surface area contributed by atoms with E-state index in [1.807, 2.05) is 45.0 Å². The number of aliphatic hydroxyl groups excluding tert-OH is 1. The molecule has 2 aromatic rings. The van der Waals surface area contributed by atoms with Crippen LogP contribution in [0.1, 0.15) is 62.9 Å². The van der Waals surface area contributed by atoms with Crippen molar-refractivity contribution in [3.05, 3.63) is 47.4 Å². The fourth-order valence-corrected chi connectivity index (χ4v) is 4.92. The highest BCUT2D eigenvalue weighted by atomic mass is 16.6. The van der Waals surface area contributed by atoms with Gasteiger partial charge in [0, 0.05) is 18.6 Å². The minimum atomic E-state index is -1.12. The fraction of sp³-hybridized carbons (Fsp3) is 0.536. The van der Waals surface area contributed by atoms with Crippen LogP contribution in [0, 0.1) is 18.8 Å². The molecule has 3 rings (SSSR count). The van der Waals surface area contributed by atoms with Crippen LogP contribution in [0.2, 0.25) is 0 Å². The van der Waals surface area contributed by atoms with Gasteiger partial charge in [0.05, 0.1) is 19.3 Å². The van der Waals surface area contributed by atoms with Crippen molar-refractivity contribution in [1.82, 2.24) is 4.90 Å². The minimum Gasteiger partial charge on any atom is -0.457 e. The monoisotopic (exact) mass is 499 g/mol. The van der Waals surface area contributed by atoms with Crippen molar-refractivity contribution < 1.29 is 33.4 Å². The van der Waals surface area contributed by atoms with E-state index in [0.717, 1.165) is 21.6 Å². The van der Waals surface area contributed by atoms with Crippen LogP contribution >= 0.6 is 0 Å². The number of cyclic esters (lactones) is 1. The van der Waals surface area contributed by atoms with Crippen LogP contribution in [-0.2, 0) is 20.7 Å². The molecule has 8 heteroatoms. The van der Waals surface area contributed by atoms with Crippen LogP contribution in [0.5, 0.6) is 0 Å². The average molecular weight is 500 g/mol. The summed E-state index contributed by atoms with van der Waals surface area (Å²) in [7, 11) is 0. The maximum absolute atomic E-state index is 13.4. The lowest BCUT2D eigenvalue weighted by Crippen LogP contribution is -2.50. The third kappa shape index (κ3) is 5.87. The summed E-state index contributed by atoms with van der Waals surface area (Å²) in [5.74, 6) is -1.55. The topological polar surface area (TPSA) is 106 Å². The number of amides is 2. The van der Waals surface area contributed by atoms with Gasteiger partial charge in [0.1, 0.15) is 17.3 Å². The zero-order chi connectivity index (χ0) is 26.6. The van der Waals surface area contributed by atoms with Crippen LogP contribution in [0.3, 0.4) is 0 Å². The number of nitrogens with zero attached hydrogens (tertiary/aromatic N) is 1. The molecule has 36 heavy (non-hydrogen) atoms. The van der Waals surface area contributed by atoms with E-state index in [0.29, 0.717) is 25.2 Å². The minimum absolute atomic E-state index is 0.0424. The zero-order valence-electron chi connectivity index (χ0n) is 22.0. The number of rotatable bonds is 11. The number of Topliss-reactive ketones (excluding diaryl/α,β-unsaturated/α-hetero) is 1. The van der Waals surface area contributed by atoms with Crippen LogP contribution < -0.4 is 0 Å². The Morgan fingerprint density at radius 3 is 2.53 bits per heavy atom. The number of ketones is 1. The maximum Gasteiger partial charge on any atom is 0.417 e. The second kappa shape index (κ2) is 11.4. The van der Waals surface area contributed by atoms with Gasteiger partial charge in [-0.3, -0.25) is 9.59 Å². The first-order valence-electron chi connectivity index (χ1n) is 12.5. The first-order valence-corrected chi connectivity index (χ1v) is 12.5. The second-order valence-electron chi connectivity index (χ2n) is 10.2. The Kier molecular flexibility index (Phi) is 8.74. The summed E-state index contributed by atoms with van der Waals surface area (Å²) < 4.78 is 16.8. The number of imide groups is 1. The van der Waals surface area contributed by atoms with Crippen LogP contribution in [0.15, 0.2) is 34.7 Å². The van der Waals surface area contributed by atoms with Gasteiger partial charge in [-0.15, -0.1) is 0 Å². The molecule has 1 saturated heterocycles. The number of benzene rings is 1. The number of ether oxygens (including phenoxy) is 2. The third-order valence-electron chi connectivity index (χ3n) is 6.48. The number of carbonyl (C=O) groups excluding carboxylic acids is 3. The van der Waals surface area contributed by atoms with Crippen molar-refractivity contribution in [3.8, 4) is 11.1 Å². The molecular weight excluding hydrogens is 462 g/mol. The Hall–Kier alpha value is -2.97. The van der Waals surface area contributed by atoms with Gasteiger partial charge in [-0.1, -0.05) is 43.7 Å². The molecule has 0 bridgehead atoms. The summed E-state index contributed by atoms with van der Waals surface area (Å²) in [5, 5.41) is 8.89. The summed E-state index contributed by atoms with van der Waals surface area (Å²) >= 11 is 0. The standard InChI is InChI=1S/C28H37NO7/c1-17(2)25-28(5,6)36-27(33)29(25)26(32)19(4)24(31)23-16-21(20-10-7-9-18(3)15-20)22(35-23)11-8-13-34-14-12-30/h7,9-10,15-17,19,25,30H,8,11-14H2,1-6H3/t19-,25-/m0/s1. The first kappa shape index (κ1) is 27.6. The Bertz CT molecular complexity index is 1100. The van der Waals surface area contributed by atoms with E-state index in [4.69, 9.17) is 19.0 Å². The van der Waals surface area contributed by atoms with E-state index in [1.54, 1.807) is 19.9 Å². The maximum atomic E-state index is 13.4. The molecule has 1 aliphatic heterocycles. The van der Waals surface area contributed by atoms with E-state index >= 15 is 0 Å². The number of hydrogen-bond donors (Lipinski definition) is 1. The van der Waals surface area contributed by atoms with E-state index in [2.05, 4.69) is 0 Å². The van der Waals surface area contributed by atoms with Gasteiger partial charge in [0.15, 0.2) is 5.76 Å². The molecule has 1 aromatic carbocycles. The molecule has 0 aliphatic carbocycles. The lowest BCUT2D eigenvalue weighted by Gasteiger charge is -2.31. The van der Waals surface area contributed by atoms with Gasteiger partial charge >= 0.3 is 6.09 Å². The van der Waals surface area contributed by atoms with Crippen molar-refractivity contribution in [3.63, 3.8) is 0 Å². The number of furan rings is 1. The molecule has 1 N–H and O–H groups in total. The predicted molar refractivity (Wildman–Crippen MR) is 135 cm³/mol. The molecule has 0 saturated carbocycles. The van der Waals surface area contributed by atoms with Gasteiger partial charge in [-0.25, -0.2) is 9.69 Å². The number of carbonyl (C=O) groups is 3. The quantitative estimate of drug-likeness (QED) is 0.269. The Morgan fingerprint density at radius 1 is 1.17 bits per heavy atom. The number of hydrogen-bond acceptors (Lipinski definition) is 7. The summed E-state index contributed by atoms with van der Waals surface area (Å²) in [6, 6.07) is 9.07. The summed E-state index contributed by atoms with van der Waals surface area (Å²) in [4.78, 5) is 40.5. The molecule has 0 radical (unpaired) electrons. The Morgan fingerprint density at radius 2 is 1.89 bits per heavy atom. The highest BCUT2D eigenvalue weighted by Crippen LogP contribution is 2.36. The van der Waals surface area contributed by atoms with Gasteiger partial charge in [-0.05, 0) is 51.7 Å². The average Bonchev–Trinajstić information content (AvgIpc) is 3.34. The summed E-state index contributed by atoms with van der Waals surface area (Å²) in [6.45, 7) is 11.5. The molecule has 8 nitrogen and oxygen atoms in total. The number of aryl methyl sites for hydroxylation is 2. The lowest BCUT2D eigenvalue weighted by atomic mass is 9.88. The first-order chi connectivity index (χ1) is 17.0. The molecular formula is C28H37NO7. The Labute approximate surface area is 212 Å². The van der Waals surface area contributed by atoms with Crippen molar-refractivity contribution in [1.29, 1.82) is 0 Å². The molecule has 196 valence electrons. The summed E-state index contributed by atoms with van der Waals surface area (Å²) in [5.41, 5.74) is 1.91. The predicted octanol–water partition coefficient (Wildman–Crippen LogP) is 4.80. The van der Waals surface area contributed by atoms with Crippen molar-refractivity contribution >= 4 is 17.8 Å². The van der Waals surface area contributed by atoms with Crippen molar-refractivity contribution in [2.75, 3.05) is 19.8 Å². The zero-order valence-corrected chi connectivity index (χ0v) is 22.0. The van der Waals surface area contributed by atoms with Crippen LogP contribution in [0.25, 0.3) is 11.1 Å². The van der Waals surface area contributed by atoms with Gasteiger partial charge in [-0.2, -0.15) is 0 Å². The number of aliphatic hydroxyl groups is 1. The second-order valence-corrected chi connectivity index (χ2v) is 10.2. The summed E-state index contributed by atoms with van der Waals surface area (Å²) in [6.07, 6.45) is 0.429. The van der Waals surface area contributed by atoms with Gasteiger partial charge < -0.3 is 19.0 Å². The third-order valence-corrected chi connectivity index (χ3v) is 6.48. The Balaban J connectivity index is 1.87. The van der Waals surface area contributed by atoms with Crippen molar-refractivity contribution in [2.45, 2.75) is 66.0 Å². The van der Waals surface area contributed by atoms with Gasteiger partial charge in [0.2, 0.25) is 11.7 Å². The van der Waals surface area contributed by atoms with Crippen LogP contribution in [-0.4, -0.2) is 59.3 Å². The molecule has 1 fully saturated rings. The highest BCUT2D eigenvalue weighted by Gasteiger charge is 2.53.